The molecule has 94 valence electrons. The first-order chi connectivity index (χ1) is 8.42. The van der Waals surface area contributed by atoms with Crippen molar-refractivity contribution in [3.05, 3.63) is 11.7 Å². The van der Waals surface area contributed by atoms with E-state index in [1.807, 2.05) is 0 Å². The van der Waals surface area contributed by atoms with Gasteiger partial charge in [-0.3, -0.25) is 0 Å². The third-order valence-electron chi connectivity index (χ3n) is 3.11. The summed E-state index contributed by atoms with van der Waals surface area (Å²) >= 11 is 0. The summed E-state index contributed by atoms with van der Waals surface area (Å²) in [5.41, 5.74) is 0. The van der Waals surface area contributed by atoms with Crippen molar-refractivity contribution in [2.24, 2.45) is 0 Å². The zero-order chi connectivity index (χ0) is 11.5. The molecule has 0 spiro atoms. The monoisotopic (exact) mass is 239 g/mol. The lowest BCUT2D eigenvalue weighted by molar-refractivity contribution is 0.0246. The quantitative estimate of drug-likeness (QED) is 0.826. The third-order valence-corrected chi connectivity index (χ3v) is 3.11. The van der Waals surface area contributed by atoms with Crippen LogP contribution in [0.2, 0.25) is 0 Å². The molecule has 0 amide bonds. The molecule has 2 atom stereocenters. The normalized spacial score (nSPS) is 29.6. The maximum absolute atomic E-state index is 5.60. The van der Waals surface area contributed by atoms with E-state index in [-0.39, 0.29) is 12.2 Å². The van der Waals surface area contributed by atoms with Crippen molar-refractivity contribution in [1.29, 1.82) is 0 Å². The van der Waals surface area contributed by atoms with E-state index in [0.29, 0.717) is 18.1 Å². The molecule has 0 bridgehead atoms. The number of hydrogen-bond donors (Lipinski definition) is 1. The minimum Gasteiger partial charge on any atom is -0.375 e. The van der Waals surface area contributed by atoms with Gasteiger partial charge in [0.25, 0.3) is 0 Å². The fourth-order valence-corrected chi connectivity index (χ4v) is 2.21. The Hall–Kier alpha value is -0.980. The molecular weight excluding hydrogens is 222 g/mol. The number of aromatic nitrogens is 2. The Morgan fingerprint density at radius 1 is 1.29 bits per heavy atom. The first-order valence-electron chi connectivity index (χ1n) is 6.18. The van der Waals surface area contributed by atoms with Crippen LogP contribution in [0.1, 0.15) is 30.7 Å². The molecule has 2 fully saturated rings. The molecule has 6 nitrogen and oxygen atoms in total. The smallest absolute Gasteiger partial charge is 0.229 e. The second-order valence-electron chi connectivity index (χ2n) is 4.45. The molecule has 1 N–H and O–H groups in total. The number of hydrogen-bond acceptors (Lipinski definition) is 6. The predicted octanol–water partition coefficient (Wildman–Crippen LogP) is 0.452. The van der Waals surface area contributed by atoms with E-state index in [1.54, 1.807) is 0 Å². The van der Waals surface area contributed by atoms with Crippen LogP contribution in [0.4, 0.5) is 0 Å². The van der Waals surface area contributed by atoms with Crippen LogP contribution in [0.5, 0.6) is 0 Å². The largest absolute Gasteiger partial charge is 0.375 e. The third kappa shape index (κ3) is 2.65. The van der Waals surface area contributed by atoms with Crippen molar-refractivity contribution < 1.29 is 14.0 Å². The van der Waals surface area contributed by atoms with Crippen LogP contribution in [0.15, 0.2) is 4.52 Å². The number of nitrogens with zero attached hydrogens (tertiary/aromatic N) is 2. The number of morpholine rings is 1. The van der Waals surface area contributed by atoms with E-state index in [0.717, 1.165) is 39.1 Å². The van der Waals surface area contributed by atoms with Crippen LogP contribution >= 0.6 is 0 Å². The molecule has 0 aromatic carbocycles. The summed E-state index contributed by atoms with van der Waals surface area (Å²) in [5.74, 6) is 1.32. The topological polar surface area (TPSA) is 69.4 Å². The van der Waals surface area contributed by atoms with Crippen LogP contribution in [0, 0.1) is 0 Å². The number of nitrogens with one attached hydrogen (secondary N) is 1. The van der Waals surface area contributed by atoms with E-state index in [9.17, 15) is 0 Å². The first kappa shape index (κ1) is 11.1. The molecule has 1 aromatic rings. The Bertz CT molecular complexity index is 357. The van der Waals surface area contributed by atoms with Gasteiger partial charge in [0.2, 0.25) is 11.7 Å². The molecule has 17 heavy (non-hydrogen) atoms. The summed E-state index contributed by atoms with van der Waals surface area (Å²) in [6, 6.07) is 0. The Balaban J connectivity index is 1.59. The van der Waals surface area contributed by atoms with Gasteiger partial charge in [-0.25, -0.2) is 0 Å². The SMILES string of the molecule is C1COC(c2noc(CC3CNCCO3)n2)C1. The Morgan fingerprint density at radius 3 is 3.06 bits per heavy atom. The molecule has 1 aromatic heterocycles. The fraction of sp³-hybridized carbons (Fsp3) is 0.818. The van der Waals surface area contributed by atoms with Gasteiger partial charge in [0.15, 0.2) is 0 Å². The van der Waals surface area contributed by atoms with Crippen LogP contribution in [-0.4, -0.2) is 42.5 Å². The van der Waals surface area contributed by atoms with Crippen molar-refractivity contribution >= 4 is 0 Å². The summed E-state index contributed by atoms with van der Waals surface area (Å²) < 4.78 is 16.3. The Labute approximate surface area is 99.7 Å². The van der Waals surface area contributed by atoms with Gasteiger partial charge in [-0.1, -0.05) is 5.16 Å². The molecular formula is C11H17N3O3. The minimum atomic E-state index is 0.0258. The lowest BCUT2D eigenvalue weighted by Gasteiger charge is -2.21. The van der Waals surface area contributed by atoms with Crippen LogP contribution < -0.4 is 5.32 Å². The summed E-state index contributed by atoms with van der Waals surface area (Å²) in [5, 5.41) is 7.25. The summed E-state index contributed by atoms with van der Waals surface area (Å²) in [6.45, 7) is 3.31. The zero-order valence-electron chi connectivity index (χ0n) is 9.72. The highest BCUT2D eigenvalue weighted by Crippen LogP contribution is 2.26. The van der Waals surface area contributed by atoms with Gasteiger partial charge < -0.3 is 19.3 Å². The number of rotatable bonds is 3. The highest BCUT2D eigenvalue weighted by molar-refractivity contribution is 4.94. The molecule has 2 unspecified atom stereocenters. The minimum absolute atomic E-state index is 0.0258. The lowest BCUT2D eigenvalue weighted by Crippen LogP contribution is -2.39. The van der Waals surface area contributed by atoms with Gasteiger partial charge in [0.05, 0.1) is 19.1 Å². The van der Waals surface area contributed by atoms with Crippen molar-refractivity contribution in [2.45, 2.75) is 31.5 Å². The Kier molecular flexibility index (Phi) is 3.35. The second kappa shape index (κ2) is 5.12. The van der Waals surface area contributed by atoms with Gasteiger partial charge >= 0.3 is 0 Å². The van der Waals surface area contributed by atoms with E-state index in [1.165, 1.54) is 0 Å². The maximum atomic E-state index is 5.60. The van der Waals surface area contributed by atoms with E-state index in [2.05, 4.69) is 15.5 Å². The molecule has 2 aliphatic heterocycles. The van der Waals surface area contributed by atoms with Gasteiger partial charge in [-0.15, -0.1) is 0 Å². The first-order valence-corrected chi connectivity index (χ1v) is 6.18. The second-order valence-corrected chi connectivity index (χ2v) is 4.45. The molecule has 2 aliphatic rings. The van der Waals surface area contributed by atoms with Gasteiger partial charge in [-0.2, -0.15) is 4.98 Å². The standard InChI is InChI=1S/C11H17N3O3/c1-2-9(16-4-1)11-13-10(17-14-11)6-8-7-12-3-5-15-8/h8-9,12H,1-7H2. The molecule has 3 rings (SSSR count). The summed E-state index contributed by atoms with van der Waals surface area (Å²) in [7, 11) is 0. The molecule has 0 aliphatic carbocycles. The van der Waals surface area contributed by atoms with Crippen LogP contribution in [0.25, 0.3) is 0 Å². The number of ether oxygens (including phenoxy) is 2. The zero-order valence-corrected chi connectivity index (χ0v) is 9.72. The average Bonchev–Trinajstić information content (AvgIpc) is 3.00. The van der Waals surface area contributed by atoms with Crippen molar-refractivity contribution in [3.8, 4) is 0 Å². The Morgan fingerprint density at radius 2 is 2.29 bits per heavy atom. The van der Waals surface area contributed by atoms with Gasteiger partial charge in [0, 0.05) is 19.7 Å². The fourth-order valence-electron chi connectivity index (χ4n) is 2.21. The molecule has 3 heterocycles. The van der Waals surface area contributed by atoms with Crippen molar-refractivity contribution in [2.75, 3.05) is 26.3 Å². The van der Waals surface area contributed by atoms with E-state index in [4.69, 9.17) is 14.0 Å². The summed E-state index contributed by atoms with van der Waals surface area (Å²) in [4.78, 5) is 4.38. The molecule has 0 saturated carbocycles. The van der Waals surface area contributed by atoms with E-state index < -0.39 is 0 Å². The van der Waals surface area contributed by atoms with Crippen molar-refractivity contribution in [1.82, 2.24) is 15.5 Å². The average molecular weight is 239 g/mol. The molecule has 2 saturated heterocycles. The van der Waals surface area contributed by atoms with Crippen LogP contribution in [-0.2, 0) is 15.9 Å². The highest BCUT2D eigenvalue weighted by atomic mass is 16.5. The predicted molar refractivity (Wildman–Crippen MR) is 58.5 cm³/mol. The molecule has 0 radical (unpaired) electrons. The molecule has 6 heteroatoms. The van der Waals surface area contributed by atoms with Crippen molar-refractivity contribution in [3.63, 3.8) is 0 Å². The maximum Gasteiger partial charge on any atom is 0.229 e. The van der Waals surface area contributed by atoms with Gasteiger partial charge in [-0.05, 0) is 12.8 Å². The van der Waals surface area contributed by atoms with Crippen LogP contribution in [0.3, 0.4) is 0 Å². The lowest BCUT2D eigenvalue weighted by atomic mass is 10.2. The summed E-state index contributed by atoms with van der Waals surface area (Å²) in [6.07, 6.45) is 2.90. The van der Waals surface area contributed by atoms with Gasteiger partial charge in [0.1, 0.15) is 6.10 Å². The highest BCUT2D eigenvalue weighted by Gasteiger charge is 2.24. The van der Waals surface area contributed by atoms with E-state index >= 15 is 0 Å².